The van der Waals surface area contributed by atoms with E-state index in [1.165, 1.54) is 23.4 Å². The Labute approximate surface area is 198 Å². The van der Waals surface area contributed by atoms with Gasteiger partial charge in [0.25, 0.3) is 0 Å². The van der Waals surface area contributed by atoms with Crippen molar-refractivity contribution >= 4 is 29.2 Å². The third-order valence-electron chi connectivity index (χ3n) is 7.24. The summed E-state index contributed by atoms with van der Waals surface area (Å²) in [4.78, 5) is 40.8. The molecule has 0 aromatic heterocycles. The summed E-state index contributed by atoms with van der Waals surface area (Å²) in [5, 5.41) is 15.3. The van der Waals surface area contributed by atoms with Crippen LogP contribution >= 0.6 is 0 Å². The van der Waals surface area contributed by atoms with Crippen molar-refractivity contribution in [3.05, 3.63) is 59.2 Å². The number of amides is 2. The first kappa shape index (κ1) is 22.4. The van der Waals surface area contributed by atoms with Gasteiger partial charge in [-0.25, -0.2) is 4.79 Å². The Morgan fingerprint density at radius 1 is 1.00 bits per heavy atom. The highest BCUT2D eigenvalue weighted by Gasteiger charge is 2.33. The van der Waals surface area contributed by atoms with Gasteiger partial charge in [-0.3, -0.25) is 9.59 Å². The summed E-state index contributed by atoms with van der Waals surface area (Å²) >= 11 is 0. The summed E-state index contributed by atoms with van der Waals surface area (Å²) in [5.41, 5.74) is 4.13. The number of anilines is 2. The minimum absolute atomic E-state index is 0.160. The standard InChI is InChI=1S/C26H30N4O4/c31-23-5-2-14-30(23)19-11-15-29(16-12-19)22-4-1-3-21-20(22)10-13-27-24(21)25(32)28-18-8-6-17(7-9-18)26(33)34/h1,3-4,6-9,19,24,27H,2,5,10-16H2,(H,28,32)(H,33,34). The molecule has 2 aromatic rings. The number of rotatable bonds is 5. The molecule has 3 aliphatic heterocycles. The second kappa shape index (κ2) is 9.46. The molecule has 5 rings (SSSR count). The van der Waals surface area contributed by atoms with E-state index in [0.29, 0.717) is 30.6 Å². The molecule has 3 aliphatic rings. The first-order chi connectivity index (χ1) is 16.5. The zero-order valence-electron chi connectivity index (χ0n) is 19.1. The largest absolute Gasteiger partial charge is 0.478 e. The number of fused-ring (bicyclic) bond motifs is 1. The first-order valence-electron chi connectivity index (χ1n) is 12.0. The van der Waals surface area contributed by atoms with Gasteiger partial charge in [0.15, 0.2) is 0 Å². The topological polar surface area (TPSA) is 102 Å². The van der Waals surface area contributed by atoms with Gasteiger partial charge < -0.3 is 25.5 Å². The van der Waals surface area contributed by atoms with Crippen LogP contribution in [-0.2, 0) is 16.0 Å². The molecule has 178 valence electrons. The highest BCUT2D eigenvalue weighted by molar-refractivity contribution is 5.97. The SMILES string of the molecule is O=C(O)c1ccc(NC(=O)C2NCCc3c2cccc3N2CCC(N3CCCC3=O)CC2)cc1. The van der Waals surface area contributed by atoms with E-state index in [1.54, 1.807) is 12.1 Å². The van der Waals surface area contributed by atoms with Gasteiger partial charge >= 0.3 is 5.97 Å². The van der Waals surface area contributed by atoms with Crippen molar-refractivity contribution in [3.8, 4) is 0 Å². The Bertz CT molecular complexity index is 1090. The molecule has 0 radical (unpaired) electrons. The highest BCUT2D eigenvalue weighted by Crippen LogP contribution is 2.34. The summed E-state index contributed by atoms with van der Waals surface area (Å²) < 4.78 is 0. The van der Waals surface area contributed by atoms with Gasteiger partial charge in [-0.1, -0.05) is 12.1 Å². The molecule has 3 N–H and O–H groups in total. The van der Waals surface area contributed by atoms with Crippen molar-refractivity contribution in [3.63, 3.8) is 0 Å². The predicted molar refractivity (Wildman–Crippen MR) is 129 cm³/mol. The zero-order chi connectivity index (χ0) is 23.7. The van der Waals surface area contributed by atoms with E-state index in [4.69, 9.17) is 5.11 Å². The number of nitrogens with one attached hydrogen (secondary N) is 2. The second-order valence-electron chi connectivity index (χ2n) is 9.26. The van der Waals surface area contributed by atoms with Crippen LogP contribution in [0.4, 0.5) is 11.4 Å². The number of likely N-dealkylation sites (tertiary alicyclic amines) is 1. The fraction of sp³-hybridized carbons (Fsp3) is 0.423. The van der Waals surface area contributed by atoms with Crippen LogP contribution in [0.25, 0.3) is 0 Å². The van der Waals surface area contributed by atoms with Gasteiger partial charge in [0, 0.05) is 50.0 Å². The molecular weight excluding hydrogens is 432 g/mol. The number of piperidine rings is 1. The maximum Gasteiger partial charge on any atom is 0.335 e. The van der Waals surface area contributed by atoms with E-state index in [0.717, 1.165) is 50.9 Å². The van der Waals surface area contributed by atoms with E-state index >= 15 is 0 Å². The van der Waals surface area contributed by atoms with E-state index in [1.807, 2.05) is 12.1 Å². The normalized spacial score (nSPS) is 20.8. The molecule has 3 heterocycles. The van der Waals surface area contributed by atoms with E-state index < -0.39 is 12.0 Å². The second-order valence-corrected chi connectivity index (χ2v) is 9.26. The molecular formula is C26H30N4O4. The third kappa shape index (κ3) is 4.37. The van der Waals surface area contributed by atoms with Gasteiger partial charge in [0.2, 0.25) is 11.8 Å². The van der Waals surface area contributed by atoms with Crippen molar-refractivity contribution in [2.24, 2.45) is 0 Å². The van der Waals surface area contributed by atoms with Gasteiger partial charge in [0.1, 0.15) is 6.04 Å². The lowest BCUT2D eigenvalue weighted by Crippen LogP contribution is -2.46. The third-order valence-corrected chi connectivity index (χ3v) is 7.24. The van der Waals surface area contributed by atoms with Crippen molar-refractivity contribution in [1.29, 1.82) is 0 Å². The number of hydrogen-bond acceptors (Lipinski definition) is 5. The molecule has 0 saturated carbocycles. The van der Waals surface area contributed by atoms with Crippen molar-refractivity contribution in [1.82, 2.24) is 10.2 Å². The van der Waals surface area contributed by atoms with Gasteiger partial charge in [-0.2, -0.15) is 0 Å². The Morgan fingerprint density at radius 3 is 2.44 bits per heavy atom. The number of carbonyl (C=O) groups excluding carboxylic acids is 2. The molecule has 8 nitrogen and oxygen atoms in total. The van der Waals surface area contributed by atoms with Crippen LogP contribution in [0.3, 0.4) is 0 Å². The zero-order valence-corrected chi connectivity index (χ0v) is 19.1. The molecule has 8 heteroatoms. The molecule has 0 spiro atoms. The smallest absolute Gasteiger partial charge is 0.335 e. The highest BCUT2D eigenvalue weighted by atomic mass is 16.4. The summed E-state index contributed by atoms with van der Waals surface area (Å²) in [6, 6.07) is 12.2. The average molecular weight is 463 g/mol. The molecule has 34 heavy (non-hydrogen) atoms. The fourth-order valence-corrected chi connectivity index (χ4v) is 5.50. The first-order valence-corrected chi connectivity index (χ1v) is 12.0. The summed E-state index contributed by atoms with van der Waals surface area (Å²) in [6.07, 6.45) is 4.47. The summed E-state index contributed by atoms with van der Waals surface area (Å²) in [6.45, 7) is 3.42. The maximum atomic E-state index is 13.1. The average Bonchev–Trinajstić information content (AvgIpc) is 3.29. The lowest BCUT2D eigenvalue weighted by molar-refractivity contribution is -0.130. The Balaban J connectivity index is 1.29. The minimum Gasteiger partial charge on any atom is -0.478 e. The van der Waals surface area contributed by atoms with Crippen LogP contribution in [0.15, 0.2) is 42.5 Å². The molecule has 1 unspecified atom stereocenters. The van der Waals surface area contributed by atoms with E-state index in [-0.39, 0.29) is 11.5 Å². The quantitative estimate of drug-likeness (QED) is 0.632. The van der Waals surface area contributed by atoms with Gasteiger partial charge in [-0.05, 0) is 67.1 Å². The van der Waals surface area contributed by atoms with Crippen molar-refractivity contribution < 1.29 is 19.5 Å². The lowest BCUT2D eigenvalue weighted by Gasteiger charge is -2.39. The van der Waals surface area contributed by atoms with Crippen LogP contribution < -0.4 is 15.5 Å². The van der Waals surface area contributed by atoms with Gasteiger partial charge in [0.05, 0.1) is 5.56 Å². The Hall–Kier alpha value is -3.39. The number of carboxylic acid groups (broad SMARTS) is 1. The lowest BCUT2D eigenvalue weighted by atomic mass is 9.91. The maximum absolute atomic E-state index is 13.1. The van der Waals surface area contributed by atoms with Crippen LogP contribution in [-0.4, -0.2) is 60.0 Å². The molecule has 2 amide bonds. The van der Waals surface area contributed by atoms with Crippen LogP contribution in [0.1, 0.15) is 53.2 Å². The minimum atomic E-state index is -0.996. The molecule has 2 saturated heterocycles. The molecule has 1 atom stereocenters. The Kier molecular flexibility index (Phi) is 6.24. The fourth-order valence-electron chi connectivity index (χ4n) is 5.50. The molecule has 0 bridgehead atoms. The number of benzene rings is 2. The number of aromatic carboxylic acids is 1. The van der Waals surface area contributed by atoms with Gasteiger partial charge in [-0.15, -0.1) is 0 Å². The summed E-state index contributed by atoms with van der Waals surface area (Å²) in [5.74, 6) is -0.857. The van der Waals surface area contributed by atoms with E-state index in [9.17, 15) is 14.4 Å². The summed E-state index contributed by atoms with van der Waals surface area (Å²) in [7, 11) is 0. The number of carboxylic acids is 1. The van der Waals surface area contributed by atoms with Crippen LogP contribution in [0.5, 0.6) is 0 Å². The van der Waals surface area contributed by atoms with Crippen LogP contribution in [0.2, 0.25) is 0 Å². The number of hydrogen-bond donors (Lipinski definition) is 3. The van der Waals surface area contributed by atoms with E-state index in [2.05, 4.69) is 26.5 Å². The molecule has 0 aliphatic carbocycles. The van der Waals surface area contributed by atoms with Crippen LogP contribution in [0, 0.1) is 0 Å². The molecule has 2 aromatic carbocycles. The predicted octanol–water partition coefficient (Wildman–Crippen LogP) is 2.80. The molecule has 2 fully saturated rings. The van der Waals surface area contributed by atoms with Crippen molar-refractivity contribution in [2.45, 2.75) is 44.2 Å². The number of carbonyl (C=O) groups is 3. The number of nitrogens with zero attached hydrogens (tertiary/aromatic N) is 2. The Morgan fingerprint density at radius 2 is 1.76 bits per heavy atom. The van der Waals surface area contributed by atoms with Crippen molar-refractivity contribution in [2.75, 3.05) is 36.4 Å². The monoisotopic (exact) mass is 462 g/mol.